The Morgan fingerprint density at radius 2 is 2.27 bits per heavy atom. The van der Waals surface area contributed by atoms with E-state index in [4.69, 9.17) is 17.3 Å². The molecule has 1 atom stereocenters. The van der Waals surface area contributed by atoms with Gasteiger partial charge < -0.3 is 16.2 Å². The van der Waals surface area contributed by atoms with E-state index in [1.165, 1.54) is 0 Å². The van der Waals surface area contributed by atoms with Gasteiger partial charge in [-0.3, -0.25) is 0 Å². The van der Waals surface area contributed by atoms with Crippen molar-refractivity contribution in [2.45, 2.75) is 18.4 Å². The number of anilines is 1. The summed E-state index contributed by atoms with van der Waals surface area (Å²) < 4.78 is 0. The molecule has 4 heteroatoms. The van der Waals surface area contributed by atoms with Gasteiger partial charge in [-0.15, -0.1) is 0 Å². The smallest absolute Gasteiger partial charge is 0.105 e. The highest BCUT2D eigenvalue weighted by molar-refractivity contribution is 6.31. The number of hydrogen-bond acceptors (Lipinski definition) is 3. The Kier molecular flexibility index (Phi) is 2.87. The van der Waals surface area contributed by atoms with E-state index in [2.05, 4.69) is 5.32 Å². The normalized spacial score (nSPS) is 26.5. The van der Waals surface area contributed by atoms with Crippen LogP contribution in [0.25, 0.3) is 0 Å². The molecule has 0 amide bonds. The van der Waals surface area contributed by atoms with Gasteiger partial charge in [0, 0.05) is 22.8 Å². The van der Waals surface area contributed by atoms with Crippen molar-refractivity contribution >= 4 is 17.3 Å². The third kappa shape index (κ3) is 1.95. The average Bonchev–Trinajstić information content (AvgIpc) is 2.18. The molecule has 82 valence electrons. The number of nitrogens with two attached hydrogens (primary N) is 1. The maximum absolute atomic E-state index is 10.5. The molecule has 2 rings (SSSR count). The third-order valence-corrected chi connectivity index (χ3v) is 3.19. The molecule has 0 saturated carbocycles. The van der Waals surface area contributed by atoms with E-state index in [-0.39, 0.29) is 0 Å². The van der Waals surface area contributed by atoms with Crippen LogP contribution in [0.1, 0.15) is 18.4 Å². The predicted octanol–water partition coefficient (Wildman–Crippen LogP) is 1.49. The van der Waals surface area contributed by atoms with Crippen molar-refractivity contribution in [1.29, 1.82) is 0 Å². The van der Waals surface area contributed by atoms with E-state index in [0.29, 0.717) is 29.2 Å². The first kappa shape index (κ1) is 10.7. The van der Waals surface area contributed by atoms with E-state index in [1.54, 1.807) is 18.2 Å². The Bertz CT molecular complexity index is 341. The molecule has 1 aromatic carbocycles. The molecule has 1 heterocycles. The number of halogens is 1. The predicted molar refractivity (Wildman–Crippen MR) is 61.9 cm³/mol. The van der Waals surface area contributed by atoms with Gasteiger partial charge in [0.25, 0.3) is 0 Å². The fourth-order valence-electron chi connectivity index (χ4n) is 2.13. The van der Waals surface area contributed by atoms with Gasteiger partial charge in [-0.25, -0.2) is 0 Å². The van der Waals surface area contributed by atoms with Crippen LogP contribution < -0.4 is 11.1 Å². The average molecular weight is 227 g/mol. The summed E-state index contributed by atoms with van der Waals surface area (Å²) in [6.07, 6.45) is 1.63. The highest BCUT2D eigenvalue weighted by atomic mass is 35.5. The highest BCUT2D eigenvalue weighted by Gasteiger charge is 2.34. The fourth-order valence-corrected chi connectivity index (χ4v) is 2.49. The lowest BCUT2D eigenvalue weighted by Crippen LogP contribution is -2.43. The zero-order chi connectivity index (χ0) is 10.9. The quantitative estimate of drug-likeness (QED) is 0.636. The molecule has 1 aliphatic rings. The first-order chi connectivity index (χ1) is 7.13. The van der Waals surface area contributed by atoms with Crippen LogP contribution >= 0.6 is 11.6 Å². The molecule has 0 spiro atoms. The van der Waals surface area contributed by atoms with E-state index in [9.17, 15) is 5.11 Å². The monoisotopic (exact) mass is 226 g/mol. The lowest BCUT2D eigenvalue weighted by Gasteiger charge is -2.34. The largest absolute Gasteiger partial charge is 0.398 e. The van der Waals surface area contributed by atoms with Crippen molar-refractivity contribution < 1.29 is 5.11 Å². The number of aliphatic hydroxyl groups is 1. The standard InChI is InChI=1S/C11H15ClN2O/c12-8-3-1-4-9(13)10(8)11(15)5-2-6-14-7-11/h1,3-4,14-15H,2,5-7,13H2. The minimum Gasteiger partial charge on any atom is -0.398 e. The molecular formula is C11H15ClN2O. The molecule has 1 aromatic rings. The van der Waals surface area contributed by atoms with E-state index in [1.807, 2.05) is 0 Å². The number of β-amino-alcohol motifs (C(OH)–C–C–N with tert-alkyl or cyclic N) is 1. The van der Waals surface area contributed by atoms with Gasteiger partial charge in [0.05, 0.1) is 0 Å². The van der Waals surface area contributed by atoms with Crippen molar-refractivity contribution in [1.82, 2.24) is 5.32 Å². The van der Waals surface area contributed by atoms with Crippen LogP contribution in [0.15, 0.2) is 18.2 Å². The molecule has 1 saturated heterocycles. The summed E-state index contributed by atoms with van der Waals surface area (Å²) in [5.74, 6) is 0. The summed E-state index contributed by atoms with van der Waals surface area (Å²) in [5.41, 5.74) is 6.18. The first-order valence-electron chi connectivity index (χ1n) is 5.11. The van der Waals surface area contributed by atoms with Crippen LogP contribution in [0, 0.1) is 0 Å². The Labute approximate surface area is 94.2 Å². The lowest BCUT2D eigenvalue weighted by molar-refractivity contribution is 0.0131. The maximum atomic E-state index is 10.5. The second kappa shape index (κ2) is 4.00. The Morgan fingerprint density at radius 3 is 2.87 bits per heavy atom. The van der Waals surface area contributed by atoms with E-state index in [0.717, 1.165) is 13.0 Å². The summed E-state index contributed by atoms with van der Waals surface area (Å²) in [5, 5.41) is 14.2. The van der Waals surface area contributed by atoms with Crippen molar-refractivity contribution in [3.8, 4) is 0 Å². The third-order valence-electron chi connectivity index (χ3n) is 2.87. The van der Waals surface area contributed by atoms with Gasteiger partial charge >= 0.3 is 0 Å². The summed E-state index contributed by atoms with van der Waals surface area (Å²) in [6.45, 7) is 1.45. The summed E-state index contributed by atoms with van der Waals surface area (Å²) in [7, 11) is 0. The number of piperidine rings is 1. The number of nitrogen functional groups attached to an aromatic ring is 1. The zero-order valence-corrected chi connectivity index (χ0v) is 9.22. The number of hydrogen-bond donors (Lipinski definition) is 3. The van der Waals surface area contributed by atoms with Gasteiger partial charge in [0.15, 0.2) is 0 Å². The van der Waals surface area contributed by atoms with Crippen molar-refractivity contribution in [2.75, 3.05) is 18.8 Å². The summed E-state index contributed by atoms with van der Waals surface area (Å²) in [6, 6.07) is 5.33. The van der Waals surface area contributed by atoms with Crippen molar-refractivity contribution in [2.24, 2.45) is 0 Å². The highest BCUT2D eigenvalue weighted by Crippen LogP contribution is 2.36. The fraction of sp³-hybridized carbons (Fsp3) is 0.455. The molecule has 0 radical (unpaired) electrons. The van der Waals surface area contributed by atoms with Gasteiger partial charge in [-0.05, 0) is 31.5 Å². The van der Waals surface area contributed by atoms with Gasteiger partial charge in [0.2, 0.25) is 0 Å². The van der Waals surface area contributed by atoms with Crippen LogP contribution in [0.5, 0.6) is 0 Å². The van der Waals surface area contributed by atoms with Crippen LogP contribution in [-0.2, 0) is 5.60 Å². The molecule has 0 aliphatic carbocycles. The molecule has 15 heavy (non-hydrogen) atoms. The van der Waals surface area contributed by atoms with Crippen molar-refractivity contribution in [3.63, 3.8) is 0 Å². The van der Waals surface area contributed by atoms with Gasteiger partial charge in [-0.1, -0.05) is 17.7 Å². The van der Waals surface area contributed by atoms with Crippen LogP contribution in [0.2, 0.25) is 5.02 Å². The SMILES string of the molecule is Nc1cccc(Cl)c1C1(O)CCCNC1. The molecule has 1 aliphatic heterocycles. The maximum Gasteiger partial charge on any atom is 0.105 e. The minimum atomic E-state index is -0.916. The Hall–Kier alpha value is -0.770. The molecule has 0 bridgehead atoms. The van der Waals surface area contributed by atoms with E-state index < -0.39 is 5.60 Å². The molecule has 1 fully saturated rings. The summed E-state index contributed by atoms with van der Waals surface area (Å²) in [4.78, 5) is 0. The Morgan fingerprint density at radius 1 is 1.47 bits per heavy atom. The number of nitrogens with one attached hydrogen (secondary N) is 1. The number of rotatable bonds is 1. The summed E-state index contributed by atoms with van der Waals surface area (Å²) >= 11 is 6.08. The topological polar surface area (TPSA) is 58.3 Å². The molecule has 3 nitrogen and oxygen atoms in total. The second-order valence-electron chi connectivity index (χ2n) is 4.02. The zero-order valence-electron chi connectivity index (χ0n) is 8.46. The molecule has 4 N–H and O–H groups in total. The second-order valence-corrected chi connectivity index (χ2v) is 4.42. The van der Waals surface area contributed by atoms with Crippen LogP contribution in [-0.4, -0.2) is 18.2 Å². The van der Waals surface area contributed by atoms with Crippen LogP contribution in [0.4, 0.5) is 5.69 Å². The lowest BCUT2D eigenvalue weighted by atomic mass is 9.85. The Balaban J connectivity index is 2.42. The first-order valence-corrected chi connectivity index (χ1v) is 5.49. The van der Waals surface area contributed by atoms with Crippen molar-refractivity contribution in [3.05, 3.63) is 28.8 Å². The molecule has 1 unspecified atom stereocenters. The molecule has 0 aromatic heterocycles. The van der Waals surface area contributed by atoms with Crippen LogP contribution in [0.3, 0.4) is 0 Å². The molecular weight excluding hydrogens is 212 g/mol. The van der Waals surface area contributed by atoms with Gasteiger partial charge in [0.1, 0.15) is 5.60 Å². The number of benzene rings is 1. The van der Waals surface area contributed by atoms with Gasteiger partial charge in [-0.2, -0.15) is 0 Å². The minimum absolute atomic E-state index is 0.515. The van der Waals surface area contributed by atoms with E-state index >= 15 is 0 Å².